The van der Waals surface area contributed by atoms with Crippen molar-refractivity contribution in [3.63, 3.8) is 0 Å². The van der Waals surface area contributed by atoms with E-state index in [2.05, 4.69) is 13.6 Å². The summed E-state index contributed by atoms with van der Waals surface area (Å²) in [6.07, 6.45) is -14.3. The first kappa shape index (κ1) is 22.3. The summed E-state index contributed by atoms with van der Waals surface area (Å²) in [6.45, 7) is 0. The average Bonchev–Trinajstić information content (AvgIpc) is 2.32. The molecular formula is C6H15O15P3. The van der Waals surface area contributed by atoms with Gasteiger partial charge in [0.25, 0.3) is 0 Å². The number of aliphatic hydroxyl groups is 3. The zero-order valence-corrected chi connectivity index (χ0v) is 14.0. The molecule has 0 saturated heterocycles. The summed E-state index contributed by atoms with van der Waals surface area (Å²) in [6, 6.07) is 0. The molecule has 1 aliphatic carbocycles. The molecule has 1 aliphatic rings. The molecule has 18 heteroatoms. The molecule has 0 amide bonds. The van der Waals surface area contributed by atoms with Crippen molar-refractivity contribution in [2.45, 2.75) is 36.6 Å². The van der Waals surface area contributed by atoms with Crippen molar-refractivity contribution < 1.29 is 71.9 Å². The third kappa shape index (κ3) is 6.50. The Kier molecular flexibility index (Phi) is 6.90. The van der Waals surface area contributed by atoms with Gasteiger partial charge in [-0.2, -0.15) is 0 Å². The Hall–Kier alpha value is 0.210. The molecule has 0 aromatic rings. The van der Waals surface area contributed by atoms with Crippen molar-refractivity contribution in [1.29, 1.82) is 0 Å². The standard InChI is InChI=1S/C6H15O15P3/c7-1-2(8)5(20-23(13,14)15)6(21-24(16,17)18)3(9)4(1)19-22(10,11)12/h1-9H,(H2,10,11,12)(H2,13,14,15)(H2,16,17,18)/t1-,2+,3+,4+,5-,6+/m1/s1. The molecule has 0 unspecified atom stereocenters. The third-order valence-electron chi connectivity index (χ3n) is 2.80. The van der Waals surface area contributed by atoms with Crippen LogP contribution in [0.2, 0.25) is 0 Å². The van der Waals surface area contributed by atoms with Gasteiger partial charge in [-0.15, -0.1) is 0 Å². The van der Waals surface area contributed by atoms with E-state index in [9.17, 15) is 29.0 Å². The van der Waals surface area contributed by atoms with E-state index in [1.54, 1.807) is 0 Å². The van der Waals surface area contributed by atoms with Gasteiger partial charge in [-0.25, -0.2) is 13.7 Å². The van der Waals surface area contributed by atoms with Crippen LogP contribution in [0.25, 0.3) is 0 Å². The van der Waals surface area contributed by atoms with Crippen molar-refractivity contribution in [3.8, 4) is 0 Å². The van der Waals surface area contributed by atoms with Gasteiger partial charge in [-0.1, -0.05) is 0 Å². The fourth-order valence-electron chi connectivity index (χ4n) is 2.01. The Morgan fingerprint density at radius 3 is 1.08 bits per heavy atom. The van der Waals surface area contributed by atoms with Gasteiger partial charge in [0.15, 0.2) is 0 Å². The molecular weight excluding hydrogens is 405 g/mol. The number of phosphoric acid groups is 3. The topological polar surface area (TPSA) is 261 Å². The maximum absolute atomic E-state index is 10.9. The van der Waals surface area contributed by atoms with E-state index in [0.717, 1.165) is 0 Å². The monoisotopic (exact) mass is 420 g/mol. The van der Waals surface area contributed by atoms with Gasteiger partial charge >= 0.3 is 23.5 Å². The maximum Gasteiger partial charge on any atom is 0.470 e. The van der Waals surface area contributed by atoms with Crippen LogP contribution in [-0.4, -0.2) is 81.3 Å². The zero-order chi connectivity index (χ0) is 19.1. The lowest BCUT2D eigenvalue weighted by Crippen LogP contribution is -2.65. The van der Waals surface area contributed by atoms with E-state index >= 15 is 0 Å². The first-order valence-electron chi connectivity index (χ1n) is 5.78. The van der Waals surface area contributed by atoms with Gasteiger partial charge in [-0.05, 0) is 0 Å². The van der Waals surface area contributed by atoms with Gasteiger partial charge in [0.05, 0.1) is 0 Å². The smallest absolute Gasteiger partial charge is 0.387 e. The second kappa shape index (κ2) is 7.45. The summed E-state index contributed by atoms with van der Waals surface area (Å²) >= 11 is 0. The van der Waals surface area contributed by atoms with Crippen LogP contribution in [0.3, 0.4) is 0 Å². The van der Waals surface area contributed by atoms with E-state index in [1.165, 1.54) is 0 Å². The second-order valence-electron chi connectivity index (χ2n) is 4.65. The van der Waals surface area contributed by atoms with E-state index < -0.39 is 60.1 Å². The third-order valence-corrected chi connectivity index (χ3v) is 4.35. The van der Waals surface area contributed by atoms with Crippen LogP contribution in [0.4, 0.5) is 0 Å². The summed E-state index contributed by atoms with van der Waals surface area (Å²) in [5.74, 6) is 0. The molecule has 1 rings (SSSR count). The van der Waals surface area contributed by atoms with E-state index in [1.807, 2.05) is 0 Å². The van der Waals surface area contributed by atoms with E-state index in [0.29, 0.717) is 0 Å². The normalized spacial score (nSPS) is 35.9. The summed E-state index contributed by atoms with van der Waals surface area (Å²) in [5.41, 5.74) is 0. The molecule has 1 saturated carbocycles. The Morgan fingerprint density at radius 2 is 0.750 bits per heavy atom. The van der Waals surface area contributed by atoms with Crippen LogP contribution in [0, 0.1) is 0 Å². The van der Waals surface area contributed by atoms with Crippen LogP contribution in [0.15, 0.2) is 0 Å². The molecule has 144 valence electrons. The molecule has 9 N–H and O–H groups in total. The lowest BCUT2D eigenvalue weighted by Gasteiger charge is -2.44. The van der Waals surface area contributed by atoms with Crippen molar-refractivity contribution in [2.75, 3.05) is 0 Å². The van der Waals surface area contributed by atoms with Gasteiger partial charge in [0.2, 0.25) is 0 Å². The van der Waals surface area contributed by atoms with Crippen molar-refractivity contribution in [1.82, 2.24) is 0 Å². The summed E-state index contributed by atoms with van der Waals surface area (Å²) < 4.78 is 44.7. The summed E-state index contributed by atoms with van der Waals surface area (Å²) in [5, 5.41) is 29.3. The van der Waals surface area contributed by atoms with Crippen LogP contribution < -0.4 is 0 Å². The quantitative estimate of drug-likeness (QED) is 0.189. The summed E-state index contributed by atoms with van der Waals surface area (Å²) in [7, 11) is -16.2. The number of hydrogen-bond acceptors (Lipinski definition) is 9. The van der Waals surface area contributed by atoms with E-state index in [4.69, 9.17) is 29.4 Å². The van der Waals surface area contributed by atoms with Crippen LogP contribution in [0.1, 0.15) is 0 Å². The van der Waals surface area contributed by atoms with Gasteiger partial charge in [0, 0.05) is 0 Å². The maximum atomic E-state index is 10.9. The minimum Gasteiger partial charge on any atom is -0.387 e. The highest BCUT2D eigenvalue weighted by Crippen LogP contribution is 2.49. The molecule has 0 radical (unpaired) electrons. The first-order chi connectivity index (χ1) is 10.5. The SMILES string of the molecule is O=P(O)(O)O[C@H]1[C@H](O)[C@H](O)[C@@H](OP(=O)(O)O)[C@@H](OP(=O)(O)O)[C@H]1O. The molecule has 0 aromatic heterocycles. The Morgan fingerprint density at radius 1 is 0.500 bits per heavy atom. The van der Waals surface area contributed by atoms with E-state index in [-0.39, 0.29) is 0 Å². The minimum atomic E-state index is -5.43. The molecule has 15 nitrogen and oxygen atoms in total. The highest BCUT2D eigenvalue weighted by Gasteiger charge is 2.56. The molecule has 0 heterocycles. The summed E-state index contributed by atoms with van der Waals surface area (Å²) in [4.78, 5) is 52.4. The molecule has 24 heavy (non-hydrogen) atoms. The van der Waals surface area contributed by atoms with Gasteiger partial charge in [0.1, 0.15) is 36.6 Å². The fourth-order valence-corrected chi connectivity index (χ4v) is 3.70. The lowest BCUT2D eigenvalue weighted by atomic mass is 9.85. The molecule has 6 atom stereocenters. The number of hydrogen-bond donors (Lipinski definition) is 9. The number of aliphatic hydroxyl groups excluding tert-OH is 3. The predicted molar refractivity (Wildman–Crippen MR) is 68.8 cm³/mol. The number of rotatable bonds is 6. The van der Waals surface area contributed by atoms with Crippen LogP contribution in [0.5, 0.6) is 0 Å². The Labute approximate surface area is 133 Å². The first-order valence-corrected chi connectivity index (χ1v) is 10.4. The average molecular weight is 420 g/mol. The Bertz CT molecular complexity index is 574. The molecule has 0 aliphatic heterocycles. The van der Waals surface area contributed by atoms with Crippen molar-refractivity contribution in [3.05, 3.63) is 0 Å². The molecule has 0 aromatic carbocycles. The van der Waals surface area contributed by atoms with Crippen LogP contribution >= 0.6 is 23.5 Å². The van der Waals surface area contributed by atoms with Gasteiger partial charge < -0.3 is 44.7 Å². The number of phosphoric ester groups is 3. The molecule has 1 fully saturated rings. The van der Waals surface area contributed by atoms with Gasteiger partial charge in [-0.3, -0.25) is 13.6 Å². The second-order valence-corrected chi connectivity index (χ2v) is 8.23. The highest BCUT2D eigenvalue weighted by atomic mass is 31.2. The Balaban J connectivity index is 3.23. The molecule has 0 spiro atoms. The largest absolute Gasteiger partial charge is 0.470 e. The lowest BCUT2D eigenvalue weighted by molar-refractivity contribution is -0.212. The van der Waals surface area contributed by atoms with Crippen LogP contribution in [-0.2, 0) is 27.3 Å². The highest BCUT2D eigenvalue weighted by molar-refractivity contribution is 7.46. The molecule has 0 bridgehead atoms. The van der Waals surface area contributed by atoms with Crippen molar-refractivity contribution in [2.24, 2.45) is 0 Å². The zero-order valence-electron chi connectivity index (χ0n) is 11.3. The fraction of sp³-hybridized carbons (Fsp3) is 1.00. The minimum absolute atomic E-state index is 2.32. The van der Waals surface area contributed by atoms with Crippen molar-refractivity contribution >= 4 is 23.5 Å². The predicted octanol–water partition coefficient (Wildman–Crippen LogP) is -3.48.